The Morgan fingerprint density at radius 2 is 2.00 bits per heavy atom. The molecule has 1 atom stereocenters. The Morgan fingerprint density at radius 1 is 1.24 bits per heavy atom. The van der Waals surface area contributed by atoms with E-state index in [2.05, 4.69) is 4.90 Å². The second-order valence-corrected chi connectivity index (χ2v) is 6.22. The molecule has 114 valence electrons. The highest BCUT2D eigenvalue weighted by Gasteiger charge is 2.30. The zero-order valence-electron chi connectivity index (χ0n) is 12.0. The fourth-order valence-electron chi connectivity index (χ4n) is 3.19. The first-order valence-electron chi connectivity index (χ1n) is 7.60. The number of hydrogen-bond acceptors (Lipinski definition) is 2. The monoisotopic (exact) mass is 310 g/mol. The Kier molecular flexibility index (Phi) is 4.34. The molecule has 0 aliphatic carbocycles. The number of nitrogens with zero attached hydrogens (tertiary/aromatic N) is 2. The van der Waals surface area contributed by atoms with Gasteiger partial charge < -0.3 is 9.80 Å². The summed E-state index contributed by atoms with van der Waals surface area (Å²) in [6, 6.07) is 5.14. The highest BCUT2D eigenvalue weighted by Crippen LogP contribution is 2.30. The van der Waals surface area contributed by atoms with Gasteiger partial charge in [-0.15, -0.1) is 11.6 Å². The molecule has 1 amide bonds. The number of rotatable bonds is 3. The summed E-state index contributed by atoms with van der Waals surface area (Å²) in [5.74, 6) is 0.433. The van der Waals surface area contributed by atoms with Crippen molar-refractivity contribution < 1.29 is 9.18 Å². The van der Waals surface area contributed by atoms with E-state index >= 15 is 0 Å². The molecule has 0 radical (unpaired) electrons. The van der Waals surface area contributed by atoms with Crippen molar-refractivity contribution in [2.24, 2.45) is 5.92 Å². The lowest BCUT2D eigenvalue weighted by molar-refractivity contribution is -0.117. The van der Waals surface area contributed by atoms with Gasteiger partial charge in [0.05, 0.1) is 5.69 Å². The summed E-state index contributed by atoms with van der Waals surface area (Å²) >= 11 is 5.82. The van der Waals surface area contributed by atoms with E-state index in [1.807, 2.05) is 6.07 Å². The van der Waals surface area contributed by atoms with Crippen LogP contribution in [0.4, 0.5) is 15.8 Å². The smallest absolute Gasteiger partial charge is 0.227 e. The van der Waals surface area contributed by atoms with Gasteiger partial charge in [0.25, 0.3) is 0 Å². The van der Waals surface area contributed by atoms with E-state index in [9.17, 15) is 9.18 Å². The van der Waals surface area contributed by atoms with Crippen LogP contribution in [0.25, 0.3) is 0 Å². The maximum atomic E-state index is 14.4. The molecule has 2 heterocycles. The standard InChI is InChI=1S/C16H20ClFN2O/c17-10-12-8-16(21)20(11-12)13-4-5-15(14(18)9-13)19-6-2-1-3-7-19/h4-5,9,12H,1-3,6-8,10-11H2. The summed E-state index contributed by atoms with van der Waals surface area (Å²) in [6.07, 6.45) is 3.91. The summed E-state index contributed by atoms with van der Waals surface area (Å²) in [6.45, 7) is 2.41. The van der Waals surface area contributed by atoms with Crippen molar-refractivity contribution >= 4 is 28.9 Å². The third kappa shape index (κ3) is 3.00. The third-order valence-electron chi connectivity index (χ3n) is 4.36. The first-order valence-corrected chi connectivity index (χ1v) is 8.13. The molecule has 0 bridgehead atoms. The molecular formula is C16H20ClFN2O. The maximum absolute atomic E-state index is 14.4. The Hall–Kier alpha value is -1.29. The summed E-state index contributed by atoms with van der Waals surface area (Å²) in [4.78, 5) is 15.7. The van der Waals surface area contributed by atoms with Crippen LogP contribution in [0.2, 0.25) is 0 Å². The van der Waals surface area contributed by atoms with E-state index < -0.39 is 0 Å². The molecular weight excluding hydrogens is 291 g/mol. The van der Waals surface area contributed by atoms with Gasteiger partial charge in [0.15, 0.2) is 0 Å². The van der Waals surface area contributed by atoms with E-state index in [0.29, 0.717) is 30.2 Å². The second kappa shape index (κ2) is 6.22. The van der Waals surface area contributed by atoms with Crippen LogP contribution in [0.15, 0.2) is 18.2 Å². The number of halogens is 2. The number of anilines is 2. The lowest BCUT2D eigenvalue weighted by atomic mass is 10.1. The first-order chi connectivity index (χ1) is 10.2. The van der Waals surface area contributed by atoms with Crippen molar-refractivity contribution in [3.8, 4) is 0 Å². The van der Waals surface area contributed by atoms with Crippen LogP contribution >= 0.6 is 11.6 Å². The Bertz CT molecular complexity index is 531. The summed E-state index contributed by atoms with van der Waals surface area (Å²) in [5, 5.41) is 0. The van der Waals surface area contributed by atoms with Crippen LogP contribution in [-0.4, -0.2) is 31.4 Å². The Balaban J connectivity index is 1.79. The maximum Gasteiger partial charge on any atom is 0.227 e. The number of carbonyl (C=O) groups excluding carboxylic acids is 1. The molecule has 1 aromatic rings. The molecule has 2 aliphatic rings. The van der Waals surface area contributed by atoms with E-state index in [0.717, 1.165) is 25.9 Å². The van der Waals surface area contributed by atoms with Gasteiger partial charge in [-0.2, -0.15) is 0 Å². The van der Waals surface area contributed by atoms with Crippen LogP contribution in [0.3, 0.4) is 0 Å². The lowest BCUT2D eigenvalue weighted by Gasteiger charge is -2.29. The SMILES string of the molecule is O=C1CC(CCl)CN1c1ccc(N2CCCCC2)c(F)c1. The minimum absolute atomic E-state index is 0.0331. The molecule has 0 spiro atoms. The number of piperidine rings is 1. The summed E-state index contributed by atoms with van der Waals surface area (Å²) in [5.41, 5.74) is 1.30. The Morgan fingerprint density at radius 3 is 2.62 bits per heavy atom. The molecule has 0 N–H and O–H groups in total. The van der Waals surface area contributed by atoms with Gasteiger partial charge >= 0.3 is 0 Å². The van der Waals surface area contributed by atoms with Gasteiger partial charge in [-0.25, -0.2) is 4.39 Å². The fraction of sp³-hybridized carbons (Fsp3) is 0.562. The topological polar surface area (TPSA) is 23.6 Å². The van der Waals surface area contributed by atoms with Crippen molar-refractivity contribution in [3.63, 3.8) is 0 Å². The highest BCUT2D eigenvalue weighted by atomic mass is 35.5. The van der Waals surface area contributed by atoms with Gasteiger partial charge in [0, 0.05) is 37.6 Å². The van der Waals surface area contributed by atoms with Crippen molar-refractivity contribution in [3.05, 3.63) is 24.0 Å². The molecule has 1 aromatic carbocycles. The molecule has 0 saturated carbocycles. The van der Waals surface area contributed by atoms with Crippen molar-refractivity contribution in [1.82, 2.24) is 0 Å². The van der Waals surface area contributed by atoms with Gasteiger partial charge in [-0.05, 0) is 43.4 Å². The molecule has 0 aromatic heterocycles. The number of hydrogen-bond donors (Lipinski definition) is 0. The minimum atomic E-state index is -0.239. The van der Waals surface area contributed by atoms with Crippen LogP contribution in [-0.2, 0) is 4.79 Å². The third-order valence-corrected chi connectivity index (χ3v) is 4.80. The summed E-state index contributed by atoms with van der Waals surface area (Å²) < 4.78 is 14.4. The first kappa shape index (κ1) is 14.6. The predicted octanol–water partition coefficient (Wildman–Crippen LogP) is 3.41. The van der Waals surface area contributed by atoms with Crippen molar-refractivity contribution in [2.45, 2.75) is 25.7 Å². The molecule has 2 aliphatic heterocycles. The van der Waals surface area contributed by atoms with Gasteiger partial charge in [0.1, 0.15) is 5.82 Å². The number of alkyl halides is 1. The average Bonchev–Trinajstić information content (AvgIpc) is 2.89. The molecule has 1 unspecified atom stereocenters. The van der Waals surface area contributed by atoms with Crippen LogP contribution in [0, 0.1) is 11.7 Å². The molecule has 2 fully saturated rings. The lowest BCUT2D eigenvalue weighted by Crippen LogP contribution is -2.30. The molecule has 5 heteroatoms. The van der Waals surface area contributed by atoms with Gasteiger partial charge in [-0.1, -0.05) is 0 Å². The largest absolute Gasteiger partial charge is 0.369 e. The normalized spacial score (nSPS) is 23.0. The van der Waals surface area contributed by atoms with Crippen LogP contribution in [0.1, 0.15) is 25.7 Å². The number of carbonyl (C=O) groups is 1. The van der Waals surface area contributed by atoms with E-state index in [4.69, 9.17) is 11.6 Å². The highest BCUT2D eigenvalue weighted by molar-refractivity contribution is 6.18. The fourth-order valence-corrected chi connectivity index (χ4v) is 3.40. The number of benzene rings is 1. The molecule has 21 heavy (non-hydrogen) atoms. The van der Waals surface area contributed by atoms with Crippen molar-refractivity contribution in [2.75, 3.05) is 35.3 Å². The number of amides is 1. The van der Waals surface area contributed by atoms with Gasteiger partial charge in [0.2, 0.25) is 5.91 Å². The van der Waals surface area contributed by atoms with E-state index in [-0.39, 0.29) is 17.6 Å². The average molecular weight is 311 g/mol. The zero-order valence-corrected chi connectivity index (χ0v) is 12.8. The zero-order chi connectivity index (χ0) is 14.8. The quantitative estimate of drug-likeness (QED) is 0.799. The van der Waals surface area contributed by atoms with E-state index in [1.54, 1.807) is 11.0 Å². The van der Waals surface area contributed by atoms with Gasteiger partial charge in [-0.3, -0.25) is 4.79 Å². The molecule has 3 nitrogen and oxygen atoms in total. The predicted molar refractivity (Wildman–Crippen MR) is 83.6 cm³/mol. The summed E-state index contributed by atoms with van der Waals surface area (Å²) in [7, 11) is 0. The van der Waals surface area contributed by atoms with Crippen LogP contribution in [0.5, 0.6) is 0 Å². The molecule has 3 rings (SSSR count). The van der Waals surface area contributed by atoms with E-state index in [1.165, 1.54) is 12.5 Å². The second-order valence-electron chi connectivity index (χ2n) is 5.91. The minimum Gasteiger partial charge on any atom is -0.369 e. The van der Waals surface area contributed by atoms with Crippen molar-refractivity contribution in [1.29, 1.82) is 0 Å². The molecule has 2 saturated heterocycles. The Labute approximate surface area is 129 Å². The van der Waals surface area contributed by atoms with Crippen LogP contribution < -0.4 is 9.80 Å².